The van der Waals surface area contributed by atoms with Gasteiger partial charge in [-0.3, -0.25) is 14.3 Å². The van der Waals surface area contributed by atoms with E-state index >= 15 is 0 Å². The van der Waals surface area contributed by atoms with Crippen molar-refractivity contribution < 1.29 is 23.8 Å². The molecule has 34 heavy (non-hydrogen) atoms. The number of alkyl halides is 1. The lowest BCUT2D eigenvalue weighted by Gasteiger charge is -2.20. The second kappa shape index (κ2) is 10.1. The SMILES string of the molecule is Cc1cn([C@@H]2O[C@@H](COC(=O)c3ccccc3)[C@H](OC(=O)c3ccccc3)[C@H]2Cl)c(=O)[nH]c1=O. The summed E-state index contributed by atoms with van der Waals surface area (Å²) in [6, 6.07) is 16.6. The number of halogens is 1. The summed E-state index contributed by atoms with van der Waals surface area (Å²) in [6.45, 7) is 1.25. The van der Waals surface area contributed by atoms with Crippen LogP contribution in [0, 0.1) is 6.92 Å². The number of esters is 2. The first-order valence-electron chi connectivity index (χ1n) is 10.4. The third kappa shape index (κ3) is 4.95. The Hall–Kier alpha value is -3.69. The van der Waals surface area contributed by atoms with Crippen LogP contribution in [0.4, 0.5) is 0 Å². The molecule has 176 valence electrons. The second-order valence-electron chi connectivity index (χ2n) is 7.69. The molecule has 2 aromatic carbocycles. The number of aromatic nitrogens is 2. The minimum Gasteiger partial charge on any atom is -0.459 e. The van der Waals surface area contributed by atoms with E-state index in [2.05, 4.69) is 4.98 Å². The maximum absolute atomic E-state index is 12.7. The number of nitrogens with one attached hydrogen (secondary N) is 1. The van der Waals surface area contributed by atoms with Gasteiger partial charge in [0.25, 0.3) is 5.56 Å². The molecule has 0 radical (unpaired) electrons. The van der Waals surface area contributed by atoms with E-state index in [1.807, 2.05) is 0 Å². The Morgan fingerprint density at radius 3 is 2.21 bits per heavy atom. The van der Waals surface area contributed by atoms with Gasteiger partial charge in [-0.05, 0) is 31.2 Å². The molecular formula is C24H21ClN2O7. The average molecular weight is 485 g/mol. The Labute approximate surface area is 198 Å². The Balaban J connectivity index is 1.59. The van der Waals surface area contributed by atoms with Crippen LogP contribution in [-0.2, 0) is 14.2 Å². The predicted molar refractivity (Wildman–Crippen MR) is 122 cm³/mol. The van der Waals surface area contributed by atoms with Crippen molar-refractivity contribution in [2.24, 2.45) is 0 Å². The maximum atomic E-state index is 12.7. The van der Waals surface area contributed by atoms with Gasteiger partial charge in [-0.1, -0.05) is 36.4 Å². The summed E-state index contributed by atoms with van der Waals surface area (Å²) in [7, 11) is 0. The van der Waals surface area contributed by atoms with Gasteiger partial charge in [0, 0.05) is 11.8 Å². The van der Waals surface area contributed by atoms with Crippen molar-refractivity contribution in [3.05, 3.63) is 104 Å². The van der Waals surface area contributed by atoms with Gasteiger partial charge >= 0.3 is 17.6 Å². The Bertz CT molecular complexity index is 1290. The van der Waals surface area contributed by atoms with E-state index in [4.69, 9.17) is 25.8 Å². The van der Waals surface area contributed by atoms with Crippen LogP contribution in [0.5, 0.6) is 0 Å². The number of H-pyrrole nitrogens is 1. The fourth-order valence-corrected chi connectivity index (χ4v) is 3.94. The van der Waals surface area contributed by atoms with Gasteiger partial charge in [-0.2, -0.15) is 0 Å². The highest BCUT2D eigenvalue weighted by Gasteiger charge is 2.48. The third-order valence-corrected chi connectivity index (χ3v) is 5.79. The molecule has 0 amide bonds. The van der Waals surface area contributed by atoms with E-state index in [-0.39, 0.29) is 12.2 Å². The number of aromatic amines is 1. The summed E-state index contributed by atoms with van der Waals surface area (Å²) in [4.78, 5) is 51.5. The fraction of sp³-hybridized carbons (Fsp3) is 0.250. The largest absolute Gasteiger partial charge is 0.459 e. The van der Waals surface area contributed by atoms with Gasteiger partial charge in [0.15, 0.2) is 12.3 Å². The summed E-state index contributed by atoms with van der Waals surface area (Å²) in [5.41, 5.74) is -0.368. The minimum atomic E-state index is -1.08. The number of aryl methyl sites for hydroxylation is 1. The zero-order valence-electron chi connectivity index (χ0n) is 18.1. The van der Waals surface area contributed by atoms with Crippen LogP contribution in [0.1, 0.15) is 32.5 Å². The van der Waals surface area contributed by atoms with Gasteiger partial charge in [0.1, 0.15) is 18.1 Å². The topological polar surface area (TPSA) is 117 Å². The van der Waals surface area contributed by atoms with E-state index in [0.29, 0.717) is 11.1 Å². The summed E-state index contributed by atoms with van der Waals surface area (Å²) in [5, 5.41) is -1.02. The molecule has 4 atom stereocenters. The number of hydrogen-bond donors (Lipinski definition) is 1. The van der Waals surface area contributed by atoms with Gasteiger partial charge in [0.05, 0.1) is 11.1 Å². The molecule has 0 aliphatic carbocycles. The van der Waals surface area contributed by atoms with E-state index in [9.17, 15) is 19.2 Å². The third-order valence-electron chi connectivity index (χ3n) is 5.33. The van der Waals surface area contributed by atoms with Crippen molar-refractivity contribution in [3.8, 4) is 0 Å². The summed E-state index contributed by atoms with van der Waals surface area (Å²) < 4.78 is 18.1. The summed E-state index contributed by atoms with van der Waals surface area (Å²) >= 11 is 6.61. The van der Waals surface area contributed by atoms with E-state index in [0.717, 1.165) is 4.57 Å². The lowest BCUT2D eigenvalue weighted by Crippen LogP contribution is -2.38. The van der Waals surface area contributed by atoms with Crippen LogP contribution in [0.25, 0.3) is 0 Å². The molecule has 4 rings (SSSR count). The van der Waals surface area contributed by atoms with Crippen LogP contribution >= 0.6 is 11.6 Å². The molecule has 10 heteroatoms. The van der Waals surface area contributed by atoms with E-state index < -0.39 is 47.0 Å². The van der Waals surface area contributed by atoms with E-state index in [1.165, 1.54) is 13.1 Å². The molecule has 0 bridgehead atoms. The first-order valence-corrected chi connectivity index (χ1v) is 10.9. The van der Waals surface area contributed by atoms with Crippen molar-refractivity contribution in [2.45, 2.75) is 30.7 Å². The molecule has 1 aromatic heterocycles. The van der Waals surface area contributed by atoms with Crippen molar-refractivity contribution in [3.63, 3.8) is 0 Å². The average Bonchev–Trinajstić information content (AvgIpc) is 3.15. The number of hydrogen-bond acceptors (Lipinski definition) is 7. The number of rotatable bonds is 6. The van der Waals surface area contributed by atoms with Gasteiger partial charge in [0.2, 0.25) is 0 Å². The fourth-order valence-electron chi connectivity index (χ4n) is 3.55. The van der Waals surface area contributed by atoms with Crippen molar-refractivity contribution in [2.75, 3.05) is 6.61 Å². The van der Waals surface area contributed by atoms with Crippen molar-refractivity contribution in [1.82, 2.24) is 9.55 Å². The molecule has 1 saturated heterocycles. The Morgan fingerprint density at radius 2 is 1.59 bits per heavy atom. The number of benzene rings is 2. The molecule has 2 heterocycles. The van der Waals surface area contributed by atoms with Crippen LogP contribution in [0.3, 0.4) is 0 Å². The standard InChI is InChI=1S/C24H21ClN2O7/c1-14-12-27(24(31)26-20(14)28)21-18(25)19(34-23(30)16-10-6-3-7-11-16)17(33-21)13-32-22(29)15-8-4-2-5-9-15/h2-12,17-19,21H,13H2,1H3,(H,26,28,31)/t17-,18+,19-,21+/m0/s1. The molecule has 1 fully saturated rings. The molecule has 9 nitrogen and oxygen atoms in total. The van der Waals surface area contributed by atoms with Gasteiger partial charge in [-0.25, -0.2) is 14.4 Å². The van der Waals surface area contributed by atoms with E-state index in [1.54, 1.807) is 60.7 Å². The highest BCUT2D eigenvalue weighted by molar-refractivity contribution is 6.21. The zero-order chi connectivity index (χ0) is 24.2. The van der Waals surface area contributed by atoms with Crippen LogP contribution < -0.4 is 11.2 Å². The molecule has 0 saturated carbocycles. The van der Waals surface area contributed by atoms with Crippen molar-refractivity contribution >= 4 is 23.5 Å². The van der Waals surface area contributed by atoms with Crippen LogP contribution in [0.15, 0.2) is 76.4 Å². The number of carbonyl (C=O) groups is 2. The Morgan fingerprint density at radius 1 is 1.00 bits per heavy atom. The molecular weight excluding hydrogens is 464 g/mol. The first-order chi connectivity index (χ1) is 16.3. The molecule has 1 aliphatic rings. The van der Waals surface area contributed by atoms with Gasteiger partial charge in [-0.15, -0.1) is 11.6 Å². The minimum absolute atomic E-state index is 0.267. The number of nitrogens with zero attached hydrogens (tertiary/aromatic N) is 1. The molecule has 1 N–H and O–H groups in total. The predicted octanol–water partition coefficient (Wildman–Crippen LogP) is 2.43. The highest BCUT2D eigenvalue weighted by atomic mass is 35.5. The maximum Gasteiger partial charge on any atom is 0.338 e. The highest BCUT2D eigenvalue weighted by Crippen LogP contribution is 2.35. The lowest BCUT2D eigenvalue weighted by molar-refractivity contribution is -0.0582. The summed E-state index contributed by atoms with van der Waals surface area (Å²) in [6.07, 6.45) is -1.79. The number of ether oxygens (including phenoxy) is 3. The van der Waals surface area contributed by atoms with Crippen molar-refractivity contribution in [1.29, 1.82) is 0 Å². The quantitative estimate of drug-likeness (QED) is 0.422. The molecule has 0 unspecified atom stereocenters. The van der Waals surface area contributed by atoms with Crippen LogP contribution in [-0.4, -0.2) is 45.7 Å². The zero-order valence-corrected chi connectivity index (χ0v) is 18.8. The summed E-state index contributed by atoms with van der Waals surface area (Å²) in [5.74, 6) is -1.24. The Kier molecular flexibility index (Phi) is 6.95. The molecule has 1 aliphatic heterocycles. The molecule has 3 aromatic rings. The van der Waals surface area contributed by atoms with Crippen LogP contribution in [0.2, 0.25) is 0 Å². The first kappa shape index (κ1) is 23.5. The monoisotopic (exact) mass is 484 g/mol. The molecule has 0 spiro atoms. The number of carbonyl (C=O) groups excluding carboxylic acids is 2. The van der Waals surface area contributed by atoms with Gasteiger partial charge < -0.3 is 14.2 Å². The second-order valence-corrected chi connectivity index (χ2v) is 8.19. The lowest BCUT2D eigenvalue weighted by atomic mass is 10.1. The smallest absolute Gasteiger partial charge is 0.338 e. The normalized spacial score (nSPS) is 21.7.